The quantitative estimate of drug-likeness (QED) is 0.129. The lowest BCUT2D eigenvalue weighted by Gasteiger charge is -2.20. The highest BCUT2D eigenvalue weighted by molar-refractivity contribution is 7.80. The summed E-state index contributed by atoms with van der Waals surface area (Å²) in [5.74, 6) is -4.00. The molecule has 1 fully saturated rings. The van der Waals surface area contributed by atoms with Crippen molar-refractivity contribution in [1.82, 2.24) is 10.2 Å². The first-order valence-corrected chi connectivity index (χ1v) is 16.3. The van der Waals surface area contributed by atoms with Crippen molar-refractivity contribution in [3.8, 4) is 22.6 Å². The molecule has 2 aliphatic heterocycles. The lowest BCUT2D eigenvalue weighted by molar-refractivity contribution is -0.109. The number of hydrogen-bond acceptors (Lipinski definition) is 7. The molecule has 3 aromatic rings. The van der Waals surface area contributed by atoms with Crippen molar-refractivity contribution >= 4 is 35.1 Å². The standard InChI is InChI=1S/C22H16ClF2NO2S.C6H13N.C5H9F2NO.C2H7N/c1-27-15-8-7-12(22(26)29)19(21(15)25)18-13-9-16(11-5-3-2-4-6-11)28-17(13)10-14(24)20(18)23;1-7-5-3-2-4-6-7;6-5(7,4-8)2-1-3-9;1-3-2/h2-8,10,16H,9H2,1H3,(H2,26,29);2-6H2,1H3;3H,1-2,4,8H2;3H,1-2H3. The second kappa shape index (κ2) is 20.3. The number of piperidine rings is 1. The molecule has 7 nitrogen and oxygen atoms in total. The molecular formula is C35H45ClF4N4O3S. The van der Waals surface area contributed by atoms with Crippen LogP contribution in [0.2, 0.25) is 5.02 Å². The Balaban J connectivity index is 0.000000344. The molecule has 0 bridgehead atoms. The van der Waals surface area contributed by atoms with Gasteiger partial charge in [-0.3, -0.25) is 0 Å². The Bertz CT molecular complexity index is 1480. The van der Waals surface area contributed by atoms with E-state index in [1.807, 2.05) is 44.4 Å². The van der Waals surface area contributed by atoms with Gasteiger partial charge < -0.3 is 36.0 Å². The van der Waals surface area contributed by atoms with Crippen molar-refractivity contribution in [2.75, 3.05) is 47.9 Å². The molecule has 0 aromatic heterocycles. The second-order valence-corrected chi connectivity index (χ2v) is 12.1. The van der Waals surface area contributed by atoms with Crippen molar-refractivity contribution in [3.63, 3.8) is 0 Å². The number of nitrogens with zero attached hydrogens (tertiary/aromatic N) is 1. The average molecular weight is 713 g/mol. The van der Waals surface area contributed by atoms with E-state index in [9.17, 15) is 18.0 Å². The van der Waals surface area contributed by atoms with Gasteiger partial charge in [-0.05, 0) is 64.8 Å². The van der Waals surface area contributed by atoms with Crippen LogP contribution >= 0.6 is 23.8 Å². The molecule has 2 aliphatic rings. The minimum Gasteiger partial charge on any atom is -0.494 e. The zero-order valence-corrected chi connectivity index (χ0v) is 29.3. The molecule has 1 saturated heterocycles. The third-order valence-electron chi connectivity index (χ3n) is 7.46. The average Bonchev–Trinajstić information content (AvgIpc) is 3.50. The number of fused-ring (bicyclic) bond motifs is 1. The van der Waals surface area contributed by atoms with Gasteiger partial charge in [0, 0.05) is 47.6 Å². The van der Waals surface area contributed by atoms with Gasteiger partial charge in [-0.1, -0.05) is 60.6 Å². The van der Waals surface area contributed by atoms with Crippen LogP contribution in [-0.4, -0.2) is 70.0 Å². The van der Waals surface area contributed by atoms with Crippen LogP contribution in [0.3, 0.4) is 0 Å². The highest BCUT2D eigenvalue weighted by Crippen LogP contribution is 2.48. The molecule has 13 heteroatoms. The van der Waals surface area contributed by atoms with E-state index in [1.165, 1.54) is 57.7 Å². The van der Waals surface area contributed by atoms with Gasteiger partial charge in [-0.25, -0.2) is 17.6 Å². The fraction of sp³-hybridized carbons (Fsp3) is 0.429. The Morgan fingerprint density at radius 3 is 2.25 bits per heavy atom. The number of aldehydes is 1. The van der Waals surface area contributed by atoms with E-state index in [0.717, 1.165) is 5.56 Å². The Morgan fingerprint density at radius 2 is 1.75 bits per heavy atom. The highest BCUT2D eigenvalue weighted by Gasteiger charge is 2.33. The van der Waals surface area contributed by atoms with E-state index >= 15 is 4.39 Å². The number of likely N-dealkylation sites (tertiary alicyclic amines) is 1. The molecule has 0 aliphatic carbocycles. The molecule has 3 aromatic carbocycles. The van der Waals surface area contributed by atoms with E-state index in [-0.39, 0.29) is 45.0 Å². The van der Waals surface area contributed by atoms with Crippen molar-refractivity contribution in [2.45, 2.75) is 50.6 Å². The summed E-state index contributed by atoms with van der Waals surface area (Å²) >= 11 is 11.4. The third kappa shape index (κ3) is 11.7. The first-order chi connectivity index (χ1) is 22.8. The number of thiocarbonyl (C=S) groups is 1. The van der Waals surface area contributed by atoms with Crippen LogP contribution in [0.5, 0.6) is 11.5 Å². The van der Waals surface area contributed by atoms with Crippen molar-refractivity contribution in [2.24, 2.45) is 11.5 Å². The molecule has 0 radical (unpaired) electrons. The predicted molar refractivity (Wildman–Crippen MR) is 188 cm³/mol. The van der Waals surface area contributed by atoms with Crippen LogP contribution in [0.15, 0.2) is 48.5 Å². The Hall–Kier alpha value is -3.29. The van der Waals surface area contributed by atoms with Gasteiger partial charge in [0.2, 0.25) is 0 Å². The molecule has 0 saturated carbocycles. The minimum atomic E-state index is -2.86. The number of nitrogens with two attached hydrogens (primary N) is 2. The number of halogens is 5. The van der Waals surface area contributed by atoms with Gasteiger partial charge in [0.25, 0.3) is 5.92 Å². The summed E-state index contributed by atoms with van der Waals surface area (Å²) in [4.78, 5) is 12.0. The fourth-order valence-corrected chi connectivity index (χ4v) is 5.46. The molecule has 264 valence electrons. The lowest BCUT2D eigenvalue weighted by Crippen LogP contribution is -2.27. The zero-order chi connectivity index (χ0) is 35.9. The van der Waals surface area contributed by atoms with E-state index < -0.39 is 30.5 Å². The number of carbonyl (C=O) groups excluding carboxylic acids is 1. The Labute approximate surface area is 290 Å². The van der Waals surface area contributed by atoms with Crippen LogP contribution in [0.1, 0.15) is 54.9 Å². The van der Waals surface area contributed by atoms with Crippen LogP contribution in [0, 0.1) is 11.6 Å². The molecule has 0 spiro atoms. The minimum absolute atomic E-state index is 0.00918. The number of rotatable bonds is 8. The van der Waals surface area contributed by atoms with Crippen molar-refractivity contribution < 1.29 is 31.8 Å². The third-order valence-corrected chi connectivity index (χ3v) is 8.05. The Kier molecular flexibility index (Phi) is 17.3. The maximum absolute atomic E-state index is 15.3. The summed E-state index contributed by atoms with van der Waals surface area (Å²) in [7, 11) is 7.29. The molecule has 48 heavy (non-hydrogen) atoms. The summed E-state index contributed by atoms with van der Waals surface area (Å²) in [5, 5.41) is 2.53. The summed E-state index contributed by atoms with van der Waals surface area (Å²) in [6.45, 7) is 1.96. The topological polar surface area (TPSA) is 103 Å². The lowest BCUT2D eigenvalue weighted by atomic mass is 9.91. The summed E-state index contributed by atoms with van der Waals surface area (Å²) in [6.07, 6.45) is 4.23. The van der Waals surface area contributed by atoms with Crippen molar-refractivity contribution in [3.05, 3.63) is 81.9 Å². The van der Waals surface area contributed by atoms with Crippen molar-refractivity contribution in [1.29, 1.82) is 0 Å². The van der Waals surface area contributed by atoms with Gasteiger partial charge in [0.1, 0.15) is 28.9 Å². The maximum atomic E-state index is 15.3. The molecule has 0 amide bonds. The molecule has 2 heterocycles. The number of nitrogens with one attached hydrogen (secondary N) is 1. The van der Waals surface area contributed by atoms with Crippen LogP contribution in [0.4, 0.5) is 17.6 Å². The maximum Gasteiger partial charge on any atom is 0.260 e. The van der Waals surface area contributed by atoms with Crippen LogP contribution < -0.4 is 26.3 Å². The fourth-order valence-electron chi connectivity index (χ4n) is 5.03. The normalized spacial score (nSPS) is 15.2. The summed E-state index contributed by atoms with van der Waals surface area (Å²) < 4.78 is 65.2. The molecule has 1 atom stereocenters. The number of benzene rings is 3. The van der Waals surface area contributed by atoms with Gasteiger partial charge >= 0.3 is 0 Å². The zero-order valence-electron chi connectivity index (χ0n) is 27.8. The number of ether oxygens (including phenoxy) is 2. The first kappa shape index (κ1) is 40.9. The first-order valence-electron chi connectivity index (χ1n) is 15.5. The van der Waals surface area contributed by atoms with Gasteiger partial charge in [-0.15, -0.1) is 0 Å². The van der Waals surface area contributed by atoms with Gasteiger partial charge in [0.05, 0.1) is 18.7 Å². The highest BCUT2D eigenvalue weighted by atomic mass is 35.5. The molecule has 5 rings (SSSR count). The predicted octanol–water partition coefficient (Wildman–Crippen LogP) is 7.10. The van der Waals surface area contributed by atoms with Crippen LogP contribution in [0.25, 0.3) is 11.1 Å². The van der Waals surface area contributed by atoms with Gasteiger partial charge in [-0.2, -0.15) is 0 Å². The largest absolute Gasteiger partial charge is 0.494 e. The van der Waals surface area contributed by atoms with Gasteiger partial charge in [0.15, 0.2) is 11.6 Å². The monoisotopic (exact) mass is 712 g/mol. The van der Waals surface area contributed by atoms with E-state index in [1.54, 1.807) is 0 Å². The smallest absolute Gasteiger partial charge is 0.260 e. The van der Waals surface area contributed by atoms with E-state index in [4.69, 9.17) is 39.0 Å². The van der Waals surface area contributed by atoms with E-state index in [2.05, 4.69) is 23.0 Å². The van der Waals surface area contributed by atoms with Crippen LogP contribution in [-0.2, 0) is 11.2 Å². The number of alkyl halides is 2. The molecular weight excluding hydrogens is 668 g/mol. The molecule has 1 unspecified atom stereocenters. The summed E-state index contributed by atoms with van der Waals surface area (Å²) in [6, 6.07) is 13.7. The number of carbonyl (C=O) groups is 1. The number of methoxy groups -OCH3 is 1. The Morgan fingerprint density at radius 1 is 1.12 bits per heavy atom. The molecule has 5 N–H and O–H groups in total. The van der Waals surface area contributed by atoms with E-state index in [0.29, 0.717) is 24.0 Å². The second-order valence-electron chi connectivity index (χ2n) is 11.2. The summed E-state index contributed by atoms with van der Waals surface area (Å²) in [5.41, 5.74) is 12.5. The number of hydrogen-bond donors (Lipinski definition) is 3. The SMILES string of the molecule is CN1CCCCC1.CNC.COc1ccc(C(N)=S)c(-c2c(Cl)c(F)cc3c2CC(c2ccccc2)O3)c1F.NCC(F)(F)CCC=O.